The van der Waals surface area contributed by atoms with Crippen molar-refractivity contribution in [3.8, 4) is 5.75 Å². The summed E-state index contributed by atoms with van der Waals surface area (Å²) in [5.41, 5.74) is 1.06. The number of aldehydes is 1. The van der Waals surface area contributed by atoms with Crippen LogP contribution in [0.1, 0.15) is 31.2 Å². The van der Waals surface area contributed by atoms with Gasteiger partial charge in [-0.15, -0.1) is 0 Å². The lowest BCUT2D eigenvalue weighted by atomic mass is 9.71. The Labute approximate surface area is 102 Å². The molecule has 0 aromatic heterocycles. The molecule has 2 nitrogen and oxygen atoms in total. The first-order chi connectivity index (χ1) is 8.30. The second kappa shape index (κ2) is 5.17. The minimum atomic E-state index is -0.117. The predicted molar refractivity (Wildman–Crippen MR) is 68.3 cm³/mol. The maximum atomic E-state index is 10.9. The summed E-state index contributed by atoms with van der Waals surface area (Å²) in [4.78, 5) is 10.9. The van der Waals surface area contributed by atoms with Crippen LogP contribution in [-0.2, 0) is 10.2 Å². The third kappa shape index (κ3) is 2.41. The van der Waals surface area contributed by atoms with E-state index in [0.29, 0.717) is 6.42 Å². The zero-order valence-corrected chi connectivity index (χ0v) is 10.2. The number of rotatable bonds is 4. The lowest BCUT2D eigenvalue weighted by Gasteiger charge is -2.32. The largest absolute Gasteiger partial charge is 0.497 e. The first kappa shape index (κ1) is 11.9. The summed E-state index contributed by atoms with van der Waals surface area (Å²) >= 11 is 0. The number of methoxy groups -OCH3 is 1. The Bertz CT molecular complexity index is 423. The van der Waals surface area contributed by atoms with Gasteiger partial charge in [-0.25, -0.2) is 0 Å². The van der Waals surface area contributed by atoms with Crippen LogP contribution >= 0.6 is 0 Å². The zero-order valence-electron chi connectivity index (χ0n) is 10.2. The first-order valence-electron chi connectivity index (χ1n) is 6.07. The Morgan fingerprint density at radius 2 is 2.35 bits per heavy atom. The SMILES string of the molecule is COc1cccc(C2(CC=O)C=CCCC2)c1. The summed E-state index contributed by atoms with van der Waals surface area (Å²) in [5, 5.41) is 0. The molecule has 0 saturated carbocycles. The highest BCUT2D eigenvalue weighted by Crippen LogP contribution is 2.38. The van der Waals surface area contributed by atoms with E-state index < -0.39 is 0 Å². The Balaban J connectivity index is 2.40. The van der Waals surface area contributed by atoms with Crippen LogP contribution < -0.4 is 4.74 Å². The summed E-state index contributed by atoms with van der Waals surface area (Å²) in [7, 11) is 1.67. The number of carbonyl (C=O) groups is 1. The van der Waals surface area contributed by atoms with Crippen LogP contribution in [0, 0.1) is 0 Å². The molecule has 0 saturated heterocycles. The van der Waals surface area contributed by atoms with Gasteiger partial charge in [-0.3, -0.25) is 0 Å². The number of benzene rings is 1. The maximum Gasteiger partial charge on any atom is 0.121 e. The topological polar surface area (TPSA) is 26.3 Å². The highest BCUT2D eigenvalue weighted by molar-refractivity contribution is 5.56. The van der Waals surface area contributed by atoms with Gasteiger partial charge in [0.2, 0.25) is 0 Å². The molecular weight excluding hydrogens is 212 g/mol. The molecule has 0 N–H and O–H groups in total. The van der Waals surface area contributed by atoms with Crippen LogP contribution in [0.3, 0.4) is 0 Å². The number of hydrogen-bond donors (Lipinski definition) is 0. The Morgan fingerprint density at radius 1 is 1.47 bits per heavy atom. The van der Waals surface area contributed by atoms with E-state index in [0.717, 1.165) is 31.3 Å². The van der Waals surface area contributed by atoms with Gasteiger partial charge >= 0.3 is 0 Å². The van der Waals surface area contributed by atoms with Gasteiger partial charge in [0, 0.05) is 11.8 Å². The molecule has 0 bridgehead atoms. The molecule has 0 amide bonds. The van der Waals surface area contributed by atoms with Gasteiger partial charge in [0.25, 0.3) is 0 Å². The molecule has 1 atom stereocenters. The Morgan fingerprint density at radius 3 is 3.00 bits per heavy atom. The quantitative estimate of drug-likeness (QED) is 0.586. The smallest absolute Gasteiger partial charge is 0.121 e. The second-order valence-electron chi connectivity index (χ2n) is 4.55. The highest BCUT2D eigenvalue weighted by Gasteiger charge is 2.30. The molecule has 0 fully saturated rings. The summed E-state index contributed by atoms with van der Waals surface area (Å²) in [5.74, 6) is 0.853. The number of ether oxygens (including phenoxy) is 1. The van der Waals surface area contributed by atoms with E-state index in [1.165, 1.54) is 5.56 Å². The molecule has 0 radical (unpaired) electrons. The lowest BCUT2D eigenvalue weighted by Crippen LogP contribution is -2.26. The van der Waals surface area contributed by atoms with Crippen molar-refractivity contribution in [1.29, 1.82) is 0 Å². The summed E-state index contributed by atoms with van der Waals surface area (Å²) < 4.78 is 5.26. The van der Waals surface area contributed by atoms with Crippen molar-refractivity contribution in [2.75, 3.05) is 7.11 Å². The normalized spacial score (nSPS) is 23.4. The van der Waals surface area contributed by atoms with Crippen molar-refractivity contribution in [3.63, 3.8) is 0 Å². The summed E-state index contributed by atoms with van der Waals surface area (Å²) in [6, 6.07) is 8.05. The van der Waals surface area contributed by atoms with Crippen LogP contribution in [0.2, 0.25) is 0 Å². The van der Waals surface area contributed by atoms with E-state index in [4.69, 9.17) is 4.74 Å². The van der Waals surface area contributed by atoms with Gasteiger partial charge in [0.05, 0.1) is 7.11 Å². The standard InChI is InChI=1S/C15H18O2/c1-17-14-7-5-6-13(12-14)15(10-11-16)8-3-2-4-9-15/h3,5-8,11-12H,2,4,9-10H2,1H3. The van der Waals surface area contributed by atoms with E-state index in [9.17, 15) is 4.79 Å². The van der Waals surface area contributed by atoms with Gasteiger partial charge in [-0.1, -0.05) is 24.3 Å². The fraction of sp³-hybridized carbons (Fsp3) is 0.400. The lowest BCUT2D eigenvalue weighted by molar-refractivity contribution is -0.108. The van der Waals surface area contributed by atoms with E-state index in [1.54, 1.807) is 7.11 Å². The van der Waals surface area contributed by atoms with Crippen LogP contribution in [0.25, 0.3) is 0 Å². The van der Waals surface area contributed by atoms with Gasteiger partial charge in [-0.05, 0) is 37.0 Å². The van der Waals surface area contributed by atoms with Crippen LogP contribution in [0.5, 0.6) is 5.75 Å². The van der Waals surface area contributed by atoms with Crippen molar-refractivity contribution in [2.45, 2.75) is 31.1 Å². The molecule has 1 aromatic carbocycles. The molecule has 1 aliphatic rings. The molecule has 1 unspecified atom stereocenters. The second-order valence-corrected chi connectivity index (χ2v) is 4.55. The highest BCUT2D eigenvalue weighted by atomic mass is 16.5. The van der Waals surface area contributed by atoms with Crippen molar-refractivity contribution in [1.82, 2.24) is 0 Å². The molecular formula is C15H18O2. The molecule has 2 heteroatoms. The van der Waals surface area contributed by atoms with Crippen LogP contribution in [0.15, 0.2) is 36.4 Å². The van der Waals surface area contributed by atoms with Gasteiger partial charge < -0.3 is 9.53 Å². The molecule has 0 spiro atoms. The van der Waals surface area contributed by atoms with Gasteiger partial charge in [0.15, 0.2) is 0 Å². The third-order valence-electron chi connectivity index (χ3n) is 3.52. The van der Waals surface area contributed by atoms with Gasteiger partial charge in [-0.2, -0.15) is 0 Å². The molecule has 0 aliphatic heterocycles. The average Bonchev–Trinajstić information content (AvgIpc) is 2.40. The van der Waals surface area contributed by atoms with Crippen molar-refractivity contribution in [3.05, 3.63) is 42.0 Å². The average molecular weight is 230 g/mol. The van der Waals surface area contributed by atoms with Crippen molar-refractivity contribution < 1.29 is 9.53 Å². The predicted octanol–water partition coefficient (Wildman–Crippen LogP) is 3.26. The molecule has 2 rings (SSSR count). The van der Waals surface area contributed by atoms with E-state index in [1.807, 2.05) is 18.2 Å². The van der Waals surface area contributed by atoms with Crippen molar-refractivity contribution >= 4 is 6.29 Å². The third-order valence-corrected chi connectivity index (χ3v) is 3.52. The molecule has 1 aliphatic carbocycles. The van der Waals surface area contributed by atoms with Crippen LogP contribution in [0.4, 0.5) is 0 Å². The Kier molecular flexibility index (Phi) is 3.62. The fourth-order valence-corrected chi connectivity index (χ4v) is 2.54. The first-order valence-corrected chi connectivity index (χ1v) is 6.07. The molecule has 1 aromatic rings. The van der Waals surface area contributed by atoms with E-state index >= 15 is 0 Å². The minimum absolute atomic E-state index is 0.117. The summed E-state index contributed by atoms with van der Waals surface area (Å²) in [6.07, 6.45) is 9.25. The molecule has 0 heterocycles. The monoisotopic (exact) mass is 230 g/mol. The summed E-state index contributed by atoms with van der Waals surface area (Å²) in [6.45, 7) is 0. The molecule has 17 heavy (non-hydrogen) atoms. The van der Waals surface area contributed by atoms with E-state index in [2.05, 4.69) is 18.2 Å². The van der Waals surface area contributed by atoms with Gasteiger partial charge in [0.1, 0.15) is 12.0 Å². The maximum absolute atomic E-state index is 10.9. The number of hydrogen-bond acceptors (Lipinski definition) is 2. The zero-order chi connectivity index (χ0) is 12.1. The van der Waals surface area contributed by atoms with Crippen LogP contribution in [-0.4, -0.2) is 13.4 Å². The minimum Gasteiger partial charge on any atom is -0.497 e. The van der Waals surface area contributed by atoms with Crippen molar-refractivity contribution in [2.24, 2.45) is 0 Å². The number of carbonyl (C=O) groups excluding carboxylic acids is 1. The van der Waals surface area contributed by atoms with E-state index in [-0.39, 0.29) is 5.41 Å². The Hall–Kier alpha value is -1.57. The number of allylic oxidation sites excluding steroid dienone is 2. The molecule has 90 valence electrons. The fourth-order valence-electron chi connectivity index (χ4n) is 2.54.